The molecule has 5 nitrogen and oxygen atoms in total. The van der Waals surface area contributed by atoms with E-state index in [9.17, 15) is 5.11 Å². The smallest absolute Gasteiger partial charge is 0.249 e. The number of piperidine rings is 1. The van der Waals surface area contributed by atoms with Crippen molar-refractivity contribution < 1.29 is 9.52 Å². The summed E-state index contributed by atoms with van der Waals surface area (Å²) in [5.41, 5.74) is 0.669. The number of hydrogen-bond acceptors (Lipinski definition) is 5. The molecular formula is C15H17Cl2N3O2. The molecule has 1 saturated heterocycles. The van der Waals surface area contributed by atoms with Gasteiger partial charge in [0, 0.05) is 11.1 Å². The third kappa shape index (κ3) is 3.43. The third-order valence-corrected chi connectivity index (χ3v) is 4.47. The predicted molar refractivity (Wildman–Crippen MR) is 84.9 cm³/mol. The first-order valence-electron chi connectivity index (χ1n) is 7.30. The zero-order valence-corrected chi connectivity index (χ0v) is 13.5. The van der Waals surface area contributed by atoms with Crippen LogP contribution in [0.3, 0.4) is 0 Å². The summed E-state index contributed by atoms with van der Waals surface area (Å²) in [6.07, 6.45) is 3.28. The maximum Gasteiger partial charge on any atom is 0.249 e. The van der Waals surface area contributed by atoms with Gasteiger partial charge in [0.15, 0.2) is 0 Å². The van der Waals surface area contributed by atoms with Gasteiger partial charge in [-0.25, -0.2) is 0 Å². The van der Waals surface area contributed by atoms with Gasteiger partial charge in [0.25, 0.3) is 0 Å². The highest BCUT2D eigenvalue weighted by molar-refractivity contribution is 6.36. The van der Waals surface area contributed by atoms with Gasteiger partial charge < -0.3 is 9.52 Å². The highest BCUT2D eigenvalue weighted by atomic mass is 35.5. The molecule has 0 radical (unpaired) electrons. The average molecular weight is 342 g/mol. The van der Waals surface area contributed by atoms with Crippen LogP contribution in [0.25, 0.3) is 11.5 Å². The highest BCUT2D eigenvalue weighted by Gasteiger charge is 2.23. The molecule has 1 N–H and O–H groups in total. The summed E-state index contributed by atoms with van der Waals surface area (Å²) in [6.45, 7) is 1.64. The second-order valence-electron chi connectivity index (χ2n) is 5.43. The number of halogens is 2. The van der Waals surface area contributed by atoms with E-state index in [1.54, 1.807) is 18.2 Å². The Morgan fingerprint density at radius 2 is 2.14 bits per heavy atom. The van der Waals surface area contributed by atoms with Gasteiger partial charge in [-0.2, -0.15) is 0 Å². The van der Waals surface area contributed by atoms with E-state index >= 15 is 0 Å². The average Bonchev–Trinajstić information content (AvgIpc) is 2.96. The molecule has 0 saturated carbocycles. The molecule has 1 aromatic heterocycles. The second kappa shape index (κ2) is 6.96. The van der Waals surface area contributed by atoms with Crippen LogP contribution in [0.4, 0.5) is 0 Å². The third-order valence-electron chi connectivity index (χ3n) is 3.93. The molecule has 0 aliphatic carbocycles. The van der Waals surface area contributed by atoms with Gasteiger partial charge in [-0.3, -0.25) is 4.90 Å². The van der Waals surface area contributed by atoms with E-state index in [0.29, 0.717) is 33.9 Å². The van der Waals surface area contributed by atoms with E-state index in [-0.39, 0.29) is 12.6 Å². The standard InChI is InChI=1S/C15H17Cl2N3O2/c16-10-4-5-12(13(17)7-10)15-19-18-14(22-15)8-20-6-2-1-3-11(20)9-21/h4-5,7,11,21H,1-3,6,8-9H2. The van der Waals surface area contributed by atoms with Gasteiger partial charge in [0.1, 0.15) is 0 Å². The van der Waals surface area contributed by atoms with Gasteiger partial charge in [0.2, 0.25) is 11.8 Å². The maximum absolute atomic E-state index is 9.45. The van der Waals surface area contributed by atoms with E-state index in [4.69, 9.17) is 27.6 Å². The first kappa shape index (κ1) is 15.7. The molecule has 1 unspecified atom stereocenters. The van der Waals surface area contributed by atoms with Crippen LogP contribution >= 0.6 is 23.2 Å². The second-order valence-corrected chi connectivity index (χ2v) is 6.27. The lowest BCUT2D eigenvalue weighted by molar-refractivity contribution is 0.0769. The number of aliphatic hydroxyl groups excluding tert-OH is 1. The minimum absolute atomic E-state index is 0.157. The number of hydrogen-bond donors (Lipinski definition) is 1. The molecule has 3 rings (SSSR count). The molecule has 2 heterocycles. The lowest BCUT2D eigenvalue weighted by atomic mass is 10.0. The predicted octanol–water partition coefficient (Wildman–Crippen LogP) is 3.39. The Hall–Kier alpha value is -1.14. The Morgan fingerprint density at radius 3 is 2.91 bits per heavy atom. The molecule has 0 bridgehead atoms. The first-order valence-corrected chi connectivity index (χ1v) is 8.05. The topological polar surface area (TPSA) is 62.4 Å². The molecule has 118 valence electrons. The largest absolute Gasteiger partial charge is 0.419 e. The summed E-state index contributed by atoms with van der Waals surface area (Å²) < 4.78 is 5.71. The van der Waals surface area contributed by atoms with E-state index < -0.39 is 0 Å². The van der Waals surface area contributed by atoms with Crippen molar-refractivity contribution in [1.82, 2.24) is 15.1 Å². The minimum atomic E-state index is 0.157. The van der Waals surface area contributed by atoms with Crippen LogP contribution < -0.4 is 0 Å². The molecule has 0 spiro atoms. The normalized spacial score (nSPS) is 19.5. The fourth-order valence-electron chi connectivity index (χ4n) is 2.74. The quantitative estimate of drug-likeness (QED) is 0.923. The summed E-state index contributed by atoms with van der Waals surface area (Å²) in [7, 11) is 0. The number of aliphatic hydroxyl groups is 1. The molecule has 1 atom stereocenters. The number of likely N-dealkylation sites (tertiary alicyclic amines) is 1. The van der Waals surface area contributed by atoms with Gasteiger partial charge in [-0.1, -0.05) is 29.6 Å². The Labute approximate surface area is 138 Å². The highest BCUT2D eigenvalue weighted by Crippen LogP contribution is 2.29. The van der Waals surface area contributed by atoms with Crippen molar-refractivity contribution in [3.63, 3.8) is 0 Å². The van der Waals surface area contributed by atoms with Crippen LogP contribution in [0.15, 0.2) is 22.6 Å². The minimum Gasteiger partial charge on any atom is -0.419 e. The van der Waals surface area contributed by atoms with E-state index in [1.807, 2.05) is 0 Å². The van der Waals surface area contributed by atoms with Crippen LogP contribution in [0.5, 0.6) is 0 Å². The fourth-order valence-corrected chi connectivity index (χ4v) is 3.23. The van der Waals surface area contributed by atoms with E-state index in [0.717, 1.165) is 25.8 Å². The van der Waals surface area contributed by atoms with Crippen LogP contribution in [0.2, 0.25) is 10.0 Å². The molecule has 1 aromatic carbocycles. The van der Waals surface area contributed by atoms with Crippen LogP contribution in [0, 0.1) is 0 Å². The number of nitrogens with zero attached hydrogens (tertiary/aromatic N) is 3. The number of rotatable bonds is 4. The Morgan fingerprint density at radius 1 is 1.27 bits per heavy atom. The Balaban J connectivity index is 1.76. The van der Waals surface area contributed by atoms with Gasteiger partial charge in [0.05, 0.1) is 23.7 Å². The van der Waals surface area contributed by atoms with Crippen molar-refractivity contribution in [2.45, 2.75) is 31.8 Å². The monoisotopic (exact) mass is 341 g/mol. The molecular weight excluding hydrogens is 325 g/mol. The van der Waals surface area contributed by atoms with Crippen molar-refractivity contribution in [2.75, 3.05) is 13.2 Å². The Bertz CT molecular complexity index is 647. The summed E-state index contributed by atoms with van der Waals surface area (Å²) in [4.78, 5) is 2.18. The van der Waals surface area contributed by atoms with Gasteiger partial charge in [-0.15, -0.1) is 10.2 Å². The molecule has 7 heteroatoms. The zero-order valence-electron chi connectivity index (χ0n) is 12.0. The zero-order chi connectivity index (χ0) is 15.5. The first-order chi connectivity index (χ1) is 10.7. The van der Waals surface area contributed by atoms with Crippen LogP contribution in [-0.2, 0) is 6.54 Å². The van der Waals surface area contributed by atoms with Crippen molar-refractivity contribution in [3.8, 4) is 11.5 Å². The van der Waals surface area contributed by atoms with E-state index in [1.165, 1.54) is 0 Å². The number of benzene rings is 1. The molecule has 0 amide bonds. The molecule has 22 heavy (non-hydrogen) atoms. The van der Waals surface area contributed by atoms with E-state index in [2.05, 4.69) is 15.1 Å². The van der Waals surface area contributed by atoms with Gasteiger partial charge >= 0.3 is 0 Å². The lowest BCUT2D eigenvalue weighted by Crippen LogP contribution is -2.41. The lowest BCUT2D eigenvalue weighted by Gasteiger charge is -2.33. The van der Waals surface area contributed by atoms with Gasteiger partial charge in [-0.05, 0) is 37.6 Å². The number of aromatic nitrogens is 2. The maximum atomic E-state index is 9.45. The summed E-state index contributed by atoms with van der Waals surface area (Å²) >= 11 is 12.0. The molecule has 1 fully saturated rings. The van der Waals surface area contributed by atoms with Crippen molar-refractivity contribution in [3.05, 3.63) is 34.1 Å². The molecule has 2 aromatic rings. The van der Waals surface area contributed by atoms with Crippen LogP contribution in [-0.4, -0.2) is 39.4 Å². The van der Waals surface area contributed by atoms with Crippen molar-refractivity contribution >= 4 is 23.2 Å². The summed E-state index contributed by atoms with van der Waals surface area (Å²) in [5.74, 6) is 0.913. The summed E-state index contributed by atoms with van der Waals surface area (Å²) in [6, 6.07) is 5.32. The fraction of sp³-hybridized carbons (Fsp3) is 0.467. The van der Waals surface area contributed by atoms with Crippen molar-refractivity contribution in [2.24, 2.45) is 0 Å². The van der Waals surface area contributed by atoms with Crippen LogP contribution in [0.1, 0.15) is 25.2 Å². The molecule has 1 aliphatic heterocycles. The summed E-state index contributed by atoms with van der Waals surface area (Å²) in [5, 5.41) is 18.6. The molecule has 1 aliphatic rings. The Kier molecular flexibility index (Phi) is 4.98. The van der Waals surface area contributed by atoms with Crippen molar-refractivity contribution in [1.29, 1.82) is 0 Å². The SMILES string of the molecule is OCC1CCCCN1Cc1nnc(-c2ccc(Cl)cc2Cl)o1.